The topological polar surface area (TPSA) is 75.6 Å². The predicted molar refractivity (Wildman–Crippen MR) is 103 cm³/mol. The largest absolute Gasteiger partial charge is 0.497 e. The van der Waals surface area contributed by atoms with E-state index in [2.05, 4.69) is 9.97 Å². The van der Waals surface area contributed by atoms with Gasteiger partial charge in [0, 0.05) is 26.2 Å². The Morgan fingerprint density at radius 3 is 2.71 bits per heavy atom. The number of nitrogens with zero attached hydrogens (tertiary/aromatic N) is 4. The van der Waals surface area contributed by atoms with Gasteiger partial charge in [-0.05, 0) is 36.5 Å². The summed E-state index contributed by atoms with van der Waals surface area (Å²) in [6, 6.07) is 7.50. The van der Waals surface area contributed by atoms with E-state index in [1.54, 1.807) is 11.4 Å². The Balaban J connectivity index is 1.47. The quantitative estimate of drug-likeness (QED) is 0.774. The Hall–Kier alpha value is -2.26. The number of rotatable bonds is 4. The van der Waals surface area contributed by atoms with Crippen molar-refractivity contribution in [2.45, 2.75) is 24.6 Å². The molecular formula is C19H23FN4O3S. The van der Waals surface area contributed by atoms with Gasteiger partial charge in [-0.2, -0.15) is 4.31 Å². The third-order valence-electron chi connectivity index (χ3n) is 5.54. The van der Waals surface area contributed by atoms with E-state index in [1.165, 1.54) is 0 Å². The molecule has 2 aliphatic rings. The smallest absolute Gasteiger partial charge is 0.225 e. The van der Waals surface area contributed by atoms with Gasteiger partial charge in [-0.25, -0.2) is 22.8 Å². The molecule has 2 saturated heterocycles. The highest BCUT2D eigenvalue weighted by Gasteiger charge is 2.46. The van der Waals surface area contributed by atoms with Crippen LogP contribution in [0.1, 0.15) is 18.4 Å². The van der Waals surface area contributed by atoms with Crippen molar-refractivity contribution in [3.63, 3.8) is 0 Å². The molecule has 0 aliphatic carbocycles. The maximum absolute atomic E-state index is 13.1. The first-order valence-corrected chi connectivity index (χ1v) is 10.8. The minimum absolute atomic E-state index is 0.0704. The van der Waals surface area contributed by atoms with Crippen molar-refractivity contribution in [3.8, 4) is 5.75 Å². The highest BCUT2D eigenvalue weighted by molar-refractivity contribution is 7.90. The molecule has 1 aromatic heterocycles. The van der Waals surface area contributed by atoms with Crippen LogP contribution in [0.5, 0.6) is 5.75 Å². The number of methoxy groups -OCH3 is 1. The molecule has 0 amide bonds. The number of hydrogen-bond acceptors (Lipinski definition) is 6. The molecule has 0 saturated carbocycles. The van der Waals surface area contributed by atoms with E-state index in [0.29, 0.717) is 38.5 Å². The van der Waals surface area contributed by atoms with Gasteiger partial charge >= 0.3 is 0 Å². The van der Waals surface area contributed by atoms with Gasteiger partial charge < -0.3 is 9.64 Å². The van der Waals surface area contributed by atoms with Crippen LogP contribution >= 0.6 is 0 Å². The molecule has 0 unspecified atom stereocenters. The molecule has 0 bridgehead atoms. The van der Waals surface area contributed by atoms with E-state index in [1.807, 2.05) is 29.2 Å². The second-order valence-corrected chi connectivity index (χ2v) is 9.41. The fourth-order valence-corrected chi connectivity index (χ4v) is 6.32. The minimum Gasteiger partial charge on any atom is -0.497 e. The third kappa shape index (κ3) is 3.68. The van der Waals surface area contributed by atoms with Crippen LogP contribution in [-0.4, -0.2) is 54.7 Å². The number of ether oxygens (including phenoxy) is 1. The van der Waals surface area contributed by atoms with Crippen molar-refractivity contribution < 1.29 is 17.5 Å². The SMILES string of the molecule is COc1cccc(CN2C[C@@H]3CCN(c4ncc(F)cn4)CC[C@@H]3S2(=O)=O)c1. The summed E-state index contributed by atoms with van der Waals surface area (Å²) in [5.41, 5.74) is 0.917. The number of halogens is 1. The van der Waals surface area contributed by atoms with Crippen LogP contribution < -0.4 is 9.64 Å². The summed E-state index contributed by atoms with van der Waals surface area (Å²) in [4.78, 5) is 10.0. The second kappa shape index (κ2) is 7.63. The summed E-state index contributed by atoms with van der Waals surface area (Å²) in [5.74, 6) is 0.762. The number of fused-ring (bicyclic) bond motifs is 1. The lowest BCUT2D eigenvalue weighted by molar-refractivity contribution is 0.379. The van der Waals surface area contributed by atoms with Gasteiger partial charge in [-0.15, -0.1) is 0 Å². The molecule has 0 spiro atoms. The van der Waals surface area contributed by atoms with Gasteiger partial charge in [0.15, 0.2) is 5.82 Å². The Bertz CT molecular complexity index is 938. The van der Waals surface area contributed by atoms with E-state index in [4.69, 9.17) is 4.74 Å². The number of benzene rings is 1. The molecule has 2 fully saturated rings. The molecule has 0 radical (unpaired) electrons. The molecule has 1 aromatic carbocycles. The lowest BCUT2D eigenvalue weighted by atomic mass is 10.0. The second-order valence-electron chi connectivity index (χ2n) is 7.25. The average Bonchev–Trinajstić information content (AvgIpc) is 2.83. The highest BCUT2D eigenvalue weighted by atomic mass is 32.2. The van der Waals surface area contributed by atoms with Crippen LogP contribution in [0.4, 0.5) is 10.3 Å². The van der Waals surface area contributed by atoms with Crippen molar-refractivity contribution in [1.82, 2.24) is 14.3 Å². The van der Waals surface area contributed by atoms with E-state index in [-0.39, 0.29) is 5.92 Å². The van der Waals surface area contributed by atoms with Gasteiger partial charge in [0.1, 0.15) is 5.75 Å². The number of sulfonamides is 1. The summed E-state index contributed by atoms with van der Waals surface area (Å²) in [5, 5.41) is -0.399. The number of anilines is 1. The molecule has 4 rings (SSSR count). The molecule has 150 valence electrons. The minimum atomic E-state index is -3.38. The Morgan fingerprint density at radius 2 is 1.96 bits per heavy atom. The normalized spacial score (nSPS) is 24.6. The van der Waals surface area contributed by atoms with Gasteiger partial charge in [-0.1, -0.05) is 12.1 Å². The summed E-state index contributed by atoms with van der Waals surface area (Å²) in [6.45, 7) is 2.08. The zero-order chi connectivity index (χ0) is 19.7. The molecule has 0 N–H and O–H groups in total. The molecule has 28 heavy (non-hydrogen) atoms. The van der Waals surface area contributed by atoms with Gasteiger partial charge in [0.2, 0.25) is 16.0 Å². The maximum atomic E-state index is 13.1. The van der Waals surface area contributed by atoms with Crippen LogP contribution in [0, 0.1) is 11.7 Å². The van der Waals surface area contributed by atoms with Crippen molar-refractivity contribution in [3.05, 3.63) is 48.0 Å². The average molecular weight is 406 g/mol. The van der Waals surface area contributed by atoms with E-state index in [9.17, 15) is 12.8 Å². The fourth-order valence-electron chi connectivity index (χ4n) is 4.09. The summed E-state index contributed by atoms with van der Waals surface area (Å²) < 4.78 is 46.1. The summed E-state index contributed by atoms with van der Waals surface area (Å²) in [6.07, 6.45) is 3.53. The molecule has 3 heterocycles. The first-order chi connectivity index (χ1) is 13.5. The highest BCUT2D eigenvalue weighted by Crippen LogP contribution is 2.36. The first kappa shape index (κ1) is 19.1. The maximum Gasteiger partial charge on any atom is 0.225 e. The number of hydrogen-bond donors (Lipinski definition) is 0. The molecule has 7 nitrogen and oxygen atoms in total. The molecule has 2 aromatic rings. The van der Waals surface area contributed by atoms with Gasteiger partial charge in [0.25, 0.3) is 0 Å². The monoisotopic (exact) mass is 406 g/mol. The van der Waals surface area contributed by atoms with Gasteiger partial charge in [0.05, 0.1) is 24.8 Å². The Kier molecular flexibility index (Phi) is 5.20. The van der Waals surface area contributed by atoms with Crippen molar-refractivity contribution >= 4 is 16.0 Å². The van der Waals surface area contributed by atoms with E-state index < -0.39 is 21.1 Å². The molecule has 9 heteroatoms. The van der Waals surface area contributed by atoms with Crippen molar-refractivity contribution in [2.75, 3.05) is 31.6 Å². The zero-order valence-corrected chi connectivity index (χ0v) is 16.5. The van der Waals surface area contributed by atoms with Crippen LogP contribution in [0.25, 0.3) is 0 Å². The molecule has 2 atom stereocenters. The van der Waals surface area contributed by atoms with Crippen molar-refractivity contribution in [2.24, 2.45) is 5.92 Å². The fraction of sp³-hybridized carbons (Fsp3) is 0.474. The number of aromatic nitrogens is 2. The van der Waals surface area contributed by atoms with Gasteiger partial charge in [-0.3, -0.25) is 0 Å². The molecule has 2 aliphatic heterocycles. The Labute approximate surface area is 164 Å². The van der Waals surface area contributed by atoms with E-state index >= 15 is 0 Å². The first-order valence-electron chi connectivity index (χ1n) is 9.32. The summed E-state index contributed by atoms with van der Waals surface area (Å²) >= 11 is 0. The van der Waals surface area contributed by atoms with Crippen LogP contribution in [-0.2, 0) is 16.6 Å². The lowest BCUT2D eigenvalue weighted by Crippen LogP contribution is -2.32. The van der Waals surface area contributed by atoms with Crippen LogP contribution in [0.3, 0.4) is 0 Å². The lowest BCUT2D eigenvalue weighted by Gasteiger charge is -2.22. The van der Waals surface area contributed by atoms with Crippen LogP contribution in [0.15, 0.2) is 36.7 Å². The third-order valence-corrected chi connectivity index (χ3v) is 7.93. The van der Waals surface area contributed by atoms with Crippen molar-refractivity contribution in [1.29, 1.82) is 0 Å². The summed E-state index contributed by atoms with van der Waals surface area (Å²) in [7, 11) is -1.78. The molecular weight excluding hydrogens is 383 g/mol. The zero-order valence-electron chi connectivity index (χ0n) is 15.7. The van der Waals surface area contributed by atoms with E-state index in [0.717, 1.165) is 30.1 Å². The Morgan fingerprint density at radius 1 is 1.21 bits per heavy atom. The standard InChI is InChI=1S/C19H23FN4O3S/c1-27-17-4-2-3-14(9-17)12-24-13-15-5-7-23(8-6-18(15)28(24,25)26)19-21-10-16(20)11-22-19/h2-4,9-11,15,18H,5-8,12-13H2,1H3/t15-,18-/m0/s1. The predicted octanol–water partition coefficient (Wildman–Crippen LogP) is 2.05. The van der Waals surface area contributed by atoms with Crippen LogP contribution in [0.2, 0.25) is 0 Å².